The molecule has 0 unspecified atom stereocenters. The molecule has 25 heavy (non-hydrogen) atoms. The van der Waals surface area contributed by atoms with E-state index in [1.807, 2.05) is 13.0 Å². The first kappa shape index (κ1) is 23.2. The molecule has 0 saturated heterocycles. The molecule has 0 aliphatic rings. The smallest absolute Gasteiger partial charge is 0.126 e. The Balaban J connectivity index is 0.000000823. The number of ether oxygens (including phenoxy) is 1. The Morgan fingerprint density at radius 2 is 1.64 bits per heavy atom. The minimum absolute atomic E-state index is 0.163. The zero-order valence-electron chi connectivity index (χ0n) is 17.7. The largest absolute Gasteiger partial charge is 0.496 e. The van der Waals surface area contributed by atoms with E-state index in [2.05, 4.69) is 79.0 Å². The quantitative estimate of drug-likeness (QED) is 0.383. The maximum absolute atomic E-state index is 5.44. The molecule has 0 amide bonds. The second-order valence-corrected chi connectivity index (χ2v) is 8.03. The lowest BCUT2D eigenvalue weighted by molar-refractivity contribution is 0.370. The number of hydrogen-bond acceptors (Lipinski definition) is 1. The van der Waals surface area contributed by atoms with Gasteiger partial charge in [-0.3, -0.25) is 0 Å². The van der Waals surface area contributed by atoms with Gasteiger partial charge in [-0.05, 0) is 35.5 Å². The van der Waals surface area contributed by atoms with Gasteiger partial charge in [0.1, 0.15) is 5.76 Å². The Morgan fingerprint density at radius 3 is 1.92 bits per heavy atom. The molecule has 0 saturated carbocycles. The Labute approximate surface area is 156 Å². The number of methoxy groups -OCH3 is 1. The lowest BCUT2D eigenvalue weighted by Gasteiger charge is -2.19. The van der Waals surface area contributed by atoms with Gasteiger partial charge < -0.3 is 4.74 Å². The maximum Gasteiger partial charge on any atom is 0.126 e. The second kappa shape index (κ2) is 11.0. The minimum Gasteiger partial charge on any atom is -0.496 e. The van der Waals surface area contributed by atoms with Crippen molar-refractivity contribution >= 4 is 5.76 Å². The molecule has 0 aliphatic heterocycles. The SMILES string of the molecule is C=C(C)C(=C)/C=C(\OC)c1ccc(C(C)(C)C)cc1.CCCC(C)C. The molecule has 0 aliphatic carbocycles. The Morgan fingerprint density at radius 1 is 1.12 bits per heavy atom. The molecule has 1 heteroatoms. The van der Waals surface area contributed by atoms with E-state index in [9.17, 15) is 0 Å². The molecule has 1 aromatic carbocycles. The summed E-state index contributed by atoms with van der Waals surface area (Å²) in [5.41, 5.74) is 4.36. The Hall–Kier alpha value is -1.76. The first-order chi connectivity index (χ1) is 11.5. The van der Waals surface area contributed by atoms with E-state index in [1.165, 1.54) is 18.4 Å². The van der Waals surface area contributed by atoms with Gasteiger partial charge in [-0.2, -0.15) is 0 Å². The number of hydrogen-bond donors (Lipinski definition) is 0. The van der Waals surface area contributed by atoms with Crippen LogP contribution in [0.4, 0.5) is 0 Å². The Kier molecular flexibility index (Phi) is 10.2. The van der Waals surface area contributed by atoms with Gasteiger partial charge in [0.25, 0.3) is 0 Å². The van der Waals surface area contributed by atoms with Crippen LogP contribution in [0.3, 0.4) is 0 Å². The molecule has 0 bridgehead atoms. The second-order valence-electron chi connectivity index (χ2n) is 8.03. The van der Waals surface area contributed by atoms with Crippen LogP contribution in [0.1, 0.15) is 72.4 Å². The van der Waals surface area contributed by atoms with E-state index >= 15 is 0 Å². The highest BCUT2D eigenvalue weighted by Gasteiger charge is 2.13. The summed E-state index contributed by atoms with van der Waals surface area (Å²) in [5.74, 6) is 1.71. The van der Waals surface area contributed by atoms with E-state index in [0.717, 1.165) is 28.4 Å². The van der Waals surface area contributed by atoms with Gasteiger partial charge in [0.2, 0.25) is 0 Å². The van der Waals surface area contributed by atoms with E-state index in [4.69, 9.17) is 4.74 Å². The summed E-state index contributed by atoms with van der Waals surface area (Å²) in [5, 5.41) is 0. The van der Waals surface area contributed by atoms with Crippen LogP contribution in [0.2, 0.25) is 0 Å². The lowest BCUT2D eigenvalue weighted by Crippen LogP contribution is -2.10. The van der Waals surface area contributed by atoms with Crippen LogP contribution in [0.15, 0.2) is 54.6 Å². The summed E-state index contributed by atoms with van der Waals surface area (Å²) in [6, 6.07) is 8.46. The van der Waals surface area contributed by atoms with Crippen molar-refractivity contribution in [2.24, 2.45) is 5.92 Å². The predicted octanol–water partition coefficient (Wildman–Crippen LogP) is 7.55. The van der Waals surface area contributed by atoms with Gasteiger partial charge in [0.15, 0.2) is 0 Å². The molecule has 0 spiro atoms. The van der Waals surface area contributed by atoms with Crippen LogP contribution >= 0.6 is 0 Å². The third kappa shape index (κ3) is 9.34. The standard InChI is InChI=1S/C18H24O.C6H14/c1-13(2)14(3)12-17(19-7)15-8-10-16(11-9-15)18(4,5)6;1-4-5-6(2)3/h8-12H,1,3H2,2,4-7H3;6H,4-5H2,1-3H3/b17-12-;. The number of rotatable bonds is 6. The fraction of sp³-hybridized carbons (Fsp3) is 0.500. The van der Waals surface area contributed by atoms with Crippen LogP contribution in [-0.2, 0) is 10.2 Å². The van der Waals surface area contributed by atoms with Gasteiger partial charge >= 0.3 is 0 Å². The summed E-state index contributed by atoms with van der Waals surface area (Å²) in [6.45, 7) is 23.1. The van der Waals surface area contributed by atoms with E-state index in [0.29, 0.717) is 0 Å². The normalized spacial score (nSPS) is 11.6. The minimum atomic E-state index is 0.163. The molecular formula is C24H38O. The van der Waals surface area contributed by atoms with Crippen LogP contribution in [0, 0.1) is 5.92 Å². The van der Waals surface area contributed by atoms with E-state index < -0.39 is 0 Å². The molecule has 0 atom stereocenters. The molecule has 1 rings (SSSR count). The summed E-state index contributed by atoms with van der Waals surface area (Å²) in [6.07, 6.45) is 4.63. The van der Waals surface area contributed by atoms with Gasteiger partial charge in [-0.1, -0.05) is 97.4 Å². The van der Waals surface area contributed by atoms with Gasteiger partial charge in [-0.15, -0.1) is 0 Å². The summed E-state index contributed by atoms with van der Waals surface area (Å²) in [4.78, 5) is 0. The van der Waals surface area contributed by atoms with Crippen LogP contribution < -0.4 is 0 Å². The van der Waals surface area contributed by atoms with Crippen molar-refractivity contribution in [3.63, 3.8) is 0 Å². The fourth-order valence-corrected chi connectivity index (χ4v) is 2.25. The van der Waals surface area contributed by atoms with Crippen molar-refractivity contribution < 1.29 is 4.74 Å². The monoisotopic (exact) mass is 342 g/mol. The summed E-state index contributed by atoms with van der Waals surface area (Å²) >= 11 is 0. The average Bonchev–Trinajstić information content (AvgIpc) is 2.52. The van der Waals surface area contributed by atoms with Crippen molar-refractivity contribution in [2.45, 2.75) is 66.7 Å². The Bertz CT molecular complexity index is 565. The predicted molar refractivity (Wildman–Crippen MR) is 114 cm³/mol. The fourth-order valence-electron chi connectivity index (χ4n) is 2.25. The van der Waals surface area contributed by atoms with Crippen molar-refractivity contribution in [1.29, 1.82) is 0 Å². The van der Waals surface area contributed by atoms with Crippen molar-refractivity contribution in [1.82, 2.24) is 0 Å². The van der Waals surface area contributed by atoms with E-state index in [-0.39, 0.29) is 5.41 Å². The molecule has 1 nitrogen and oxygen atoms in total. The number of allylic oxidation sites excluding steroid dienone is 3. The molecule has 0 N–H and O–H groups in total. The highest BCUT2D eigenvalue weighted by atomic mass is 16.5. The average molecular weight is 343 g/mol. The van der Waals surface area contributed by atoms with Crippen molar-refractivity contribution in [2.75, 3.05) is 7.11 Å². The topological polar surface area (TPSA) is 9.23 Å². The zero-order chi connectivity index (χ0) is 19.6. The molecule has 0 heterocycles. The zero-order valence-corrected chi connectivity index (χ0v) is 17.7. The molecule has 140 valence electrons. The molecule has 0 aromatic heterocycles. The lowest BCUT2D eigenvalue weighted by atomic mass is 9.86. The molecular weight excluding hydrogens is 304 g/mol. The first-order valence-electron chi connectivity index (χ1n) is 9.24. The number of benzene rings is 1. The third-order valence-corrected chi connectivity index (χ3v) is 3.97. The maximum atomic E-state index is 5.44. The molecule has 1 aromatic rings. The third-order valence-electron chi connectivity index (χ3n) is 3.97. The summed E-state index contributed by atoms with van der Waals surface area (Å²) < 4.78 is 5.44. The van der Waals surface area contributed by atoms with Crippen molar-refractivity contribution in [3.05, 3.63) is 65.8 Å². The van der Waals surface area contributed by atoms with Gasteiger partial charge in [0.05, 0.1) is 7.11 Å². The van der Waals surface area contributed by atoms with Crippen LogP contribution in [0.25, 0.3) is 5.76 Å². The highest BCUT2D eigenvalue weighted by molar-refractivity contribution is 5.64. The molecule has 0 fully saturated rings. The van der Waals surface area contributed by atoms with Crippen molar-refractivity contribution in [3.8, 4) is 0 Å². The summed E-state index contributed by atoms with van der Waals surface area (Å²) in [7, 11) is 1.68. The van der Waals surface area contributed by atoms with Crippen LogP contribution in [-0.4, -0.2) is 7.11 Å². The van der Waals surface area contributed by atoms with Gasteiger partial charge in [0, 0.05) is 5.56 Å². The first-order valence-corrected chi connectivity index (χ1v) is 9.24. The van der Waals surface area contributed by atoms with Crippen LogP contribution in [0.5, 0.6) is 0 Å². The van der Waals surface area contributed by atoms with Gasteiger partial charge in [-0.25, -0.2) is 0 Å². The van der Waals surface area contributed by atoms with E-state index in [1.54, 1.807) is 7.11 Å². The highest BCUT2D eigenvalue weighted by Crippen LogP contribution is 2.25. The molecule has 0 radical (unpaired) electrons.